The number of unbranched alkanes of at least 4 members (excludes halogenated alkanes) is 7. The maximum absolute atomic E-state index is 12.8. The van der Waals surface area contributed by atoms with Crippen LogP contribution in [0.15, 0.2) is 73.4 Å². The van der Waals surface area contributed by atoms with Crippen LogP contribution in [0.3, 0.4) is 0 Å². The molecule has 2 aromatic rings. The van der Waals surface area contributed by atoms with E-state index in [2.05, 4.69) is 90.0 Å². The Hall–Kier alpha value is -3.74. The van der Waals surface area contributed by atoms with E-state index >= 15 is 0 Å². The van der Waals surface area contributed by atoms with Gasteiger partial charge in [0.25, 0.3) is 0 Å². The van der Waals surface area contributed by atoms with E-state index in [-0.39, 0.29) is 41.6 Å². The van der Waals surface area contributed by atoms with Gasteiger partial charge in [0.15, 0.2) is 17.7 Å². The number of aromatic nitrogens is 4. The molecule has 28 heteroatoms. The number of ether oxygens (including phenoxy) is 1. The Kier molecular flexibility index (Phi) is 28.4. The molecule has 3 rings (SSSR count). The fourth-order valence-electron chi connectivity index (χ4n) is 6.77. The van der Waals surface area contributed by atoms with E-state index in [9.17, 15) is 57.9 Å². The first-order valence-corrected chi connectivity index (χ1v) is 29.4. The number of phosphoric acid groups is 3. The number of carbonyl (C=O) groups excluding carboxylic acids is 3. The second-order valence-electron chi connectivity index (χ2n) is 17.4. The van der Waals surface area contributed by atoms with Crippen LogP contribution in [-0.4, -0.2) is 123 Å². The number of nitrogen functional groups attached to an aromatic ring is 1. The fraction of sp³-hybridized carbons (Fsp3) is 0.600. The number of phosphoric ester groups is 3. The van der Waals surface area contributed by atoms with Crippen LogP contribution in [0.5, 0.6) is 0 Å². The van der Waals surface area contributed by atoms with Gasteiger partial charge in [0, 0.05) is 30.7 Å². The highest BCUT2D eigenvalue weighted by molar-refractivity contribution is 8.14. The average molecular weight is 1110 g/mol. The fourth-order valence-corrected chi connectivity index (χ4v) is 10.2. The summed E-state index contributed by atoms with van der Waals surface area (Å²) >= 11 is 1.05. The van der Waals surface area contributed by atoms with Gasteiger partial charge in [0.05, 0.1) is 19.5 Å². The molecular weight excluding hydrogens is 1040 g/mol. The first kappa shape index (κ1) is 63.6. The Bertz CT molecular complexity index is 2340. The van der Waals surface area contributed by atoms with Crippen molar-refractivity contribution in [1.82, 2.24) is 30.2 Å². The lowest BCUT2D eigenvalue weighted by atomic mass is 9.87. The highest BCUT2D eigenvalue weighted by atomic mass is 32.2. The number of imidazole rings is 1. The molecule has 73 heavy (non-hydrogen) atoms. The molecule has 3 heterocycles. The molecule has 1 fully saturated rings. The van der Waals surface area contributed by atoms with E-state index in [1.54, 1.807) is 0 Å². The molecule has 410 valence electrons. The van der Waals surface area contributed by atoms with Gasteiger partial charge >= 0.3 is 23.5 Å². The van der Waals surface area contributed by atoms with E-state index in [1.807, 2.05) is 6.08 Å². The normalized spacial score (nSPS) is 20.0. The summed E-state index contributed by atoms with van der Waals surface area (Å²) in [5.74, 6) is -1.13. The lowest BCUT2D eigenvalue weighted by Gasteiger charge is -2.30. The number of thioether (sulfide) groups is 1. The van der Waals surface area contributed by atoms with Crippen LogP contribution >= 0.6 is 35.2 Å². The highest BCUT2D eigenvalue weighted by Crippen LogP contribution is 2.61. The zero-order chi connectivity index (χ0) is 53.9. The minimum Gasteiger partial charge on any atom is -0.386 e. The van der Waals surface area contributed by atoms with Crippen LogP contribution < -0.4 is 16.4 Å². The molecule has 7 atom stereocenters. The number of fused-ring (bicyclic) bond motifs is 1. The second kappa shape index (κ2) is 32.6. The van der Waals surface area contributed by atoms with Crippen molar-refractivity contribution in [3.8, 4) is 0 Å². The number of nitrogens with zero attached hydrogens (tertiary/aromatic N) is 4. The summed E-state index contributed by atoms with van der Waals surface area (Å²) in [5, 5.41) is 26.5. The van der Waals surface area contributed by atoms with Gasteiger partial charge in [0.1, 0.15) is 36.3 Å². The summed E-state index contributed by atoms with van der Waals surface area (Å²) < 4.78 is 62.5. The van der Waals surface area contributed by atoms with Crippen molar-refractivity contribution in [2.75, 3.05) is 37.8 Å². The smallest absolute Gasteiger partial charge is 0.386 e. The summed E-state index contributed by atoms with van der Waals surface area (Å²) in [6, 6.07) is 0. The minimum atomic E-state index is -5.58. The predicted molar refractivity (Wildman–Crippen MR) is 274 cm³/mol. The predicted octanol–water partition coefficient (Wildman–Crippen LogP) is 6.15. The maximum Gasteiger partial charge on any atom is 0.481 e. The van der Waals surface area contributed by atoms with Crippen molar-refractivity contribution in [3.63, 3.8) is 0 Å². The third kappa shape index (κ3) is 25.1. The molecule has 0 aromatic carbocycles. The lowest BCUT2D eigenvalue weighted by Crippen LogP contribution is -2.46. The van der Waals surface area contributed by atoms with Crippen molar-refractivity contribution in [1.29, 1.82) is 0 Å². The maximum atomic E-state index is 12.8. The van der Waals surface area contributed by atoms with E-state index < -0.39 is 84.6 Å². The average Bonchev–Trinajstić information content (AvgIpc) is 3.88. The van der Waals surface area contributed by atoms with Crippen molar-refractivity contribution in [2.24, 2.45) is 5.41 Å². The van der Waals surface area contributed by atoms with Gasteiger partial charge in [-0.1, -0.05) is 106 Å². The van der Waals surface area contributed by atoms with E-state index in [0.29, 0.717) is 5.75 Å². The monoisotopic (exact) mass is 1110 g/mol. The third-order valence-electron chi connectivity index (χ3n) is 10.7. The third-order valence-corrected chi connectivity index (χ3v) is 14.6. The van der Waals surface area contributed by atoms with E-state index in [4.69, 9.17) is 19.5 Å². The zero-order valence-corrected chi connectivity index (χ0v) is 44.8. The molecular formula is C45H72N7O17P3S. The standard InChI is InChI=1S/C45H72N7O17P3S/c1-4-5-6-7-8-9-10-11-12-13-14-15-16-17-18-19-20-21-22-23-24-25-36(54)73-29-28-47-35(53)26-27-48-43(57)40(56)45(2,3)31-66-72(63,64)69-71(61,62)65-30-34-39(68-70(58,59)60)38(55)44(67-34)52-33-51-37-41(46)49-32-50-42(37)52/h8-9,11-12,14-15,17-18,24-25,32-34,38-40,44,55-56H,4-7,10,13,16,19-23,26-31H2,1-3H3,(H,47,53)(H,48,57)(H,61,62)(H,63,64)(H2,46,49,50)(H2,58,59,60)/b9-8-,12-11-,15-14-,18-17-,25-24+/t34-,38-,39-,40+,44-/m1/s1. The zero-order valence-electron chi connectivity index (χ0n) is 41.3. The highest BCUT2D eigenvalue weighted by Gasteiger charge is 2.50. The summed E-state index contributed by atoms with van der Waals surface area (Å²) in [6.45, 7) is 2.70. The molecule has 2 amide bonds. The van der Waals surface area contributed by atoms with Crippen LogP contribution in [0.4, 0.5) is 5.82 Å². The molecule has 1 aliphatic heterocycles. The Balaban J connectivity index is 1.27. The largest absolute Gasteiger partial charge is 0.481 e. The Labute approximate surface area is 429 Å². The van der Waals surface area contributed by atoms with Gasteiger partial charge in [-0.2, -0.15) is 4.31 Å². The summed E-state index contributed by atoms with van der Waals surface area (Å²) in [6.07, 6.45) is 26.9. The van der Waals surface area contributed by atoms with Crippen molar-refractivity contribution in [2.45, 2.75) is 135 Å². The van der Waals surface area contributed by atoms with Gasteiger partial charge in [-0.25, -0.2) is 28.6 Å². The van der Waals surface area contributed by atoms with Gasteiger partial charge in [-0.15, -0.1) is 0 Å². The van der Waals surface area contributed by atoms with E-state index in [0.717, 1.165) is 80.4 Å². The first-order chi connectivity index (χ1) is 34.6. The van der Waals surface area contributed by atoms with Gasteiger partial charge in [-0.05, 0) is 63.9 Å². The number of amides is 2. The number of aliphatic hydroxyl groups is 2. The summed E-state index contributed by atoms with van der Waals surface area (Å²) in [4.78, 5) is 88.4. The minimum absolute atomic E-state index is 0.0300. The van der Waals surface area contributed by atoms with Crippen molar-refractivity contribution < 1.29 is 80.5 Å². The van der Waals surface area contributed by atoms with Crippen LogP contribution in [-0.2, 0) is 50.7 Å². The Morgan fingerprint density at radius 2 is 1.45 bits per heavy atom. The number of hydrogen-bond donors (Lipinski definition) is 9. The van der Waals surface area contributed by atoms with Crippen LogP contribution in [0.25, 0.3) is 11.2 Å². The number of allylic oxidation sites excluding steroid dienone is 9. The molecule has 2 aromatic heterocycles. The SMILES string of the molecule is CCCCC/C=C\C/C=C\C/C=C\C/C=C\CCCCC/C=C/C(=O)SCCNC(=O)CCNC(=O)[C@H](O)C(C)(C)COP(=O)(O)OP(=O)(O)OC[C@H]1O[C@@H](n2cnc3c(N)ncnc32)[C@H](O)[C@@H]1OP(=O)(O)O. The van der Waals surface area contributed by atoms with Crippen molar-refractivity contribution in [3.05, 3.63) is 73.4 Å². The summed E-state index contributed by atoms with van der Waals surface area (Å²) in [7, 11) is -16.4. The van der Waals surface area contributed by atoms with Gasteiger partial charge < -0.3 is 50.9 Å². The number of rotatable bonds is 36. The molecule has 1 aliphatic rings. The molecule has 0 bridgehead atoms. The first-order valence-electron chi connectivity index (χ1n) is 23.9. The van der Waals surface area contributed by atoms with Gasteiger partial charge in [-0.3, -0.25) is 32.5 Å². The Morgan fingerprint density at radius 1 is 0.849 bits per heavy atom. The summed E-state index contributed by atoms with van der Waals surface area (Å²) in [5.41, 5.74) is 4.27. The molecule has 1 saturated heterocycles. The molecule has 24 nitrogen and oxygen atoms in total. The number of carbonyl (C=O) groups is 3. The number of aliphatic hydroxyl groups excluding tert-OH is 2. The number of hydrogen-bond acceptors (Lipinski definition) is 18. The van der Waals surface area contributed by atoms with Gasteiger partial charge in [0.2, 0.25) is 16.9 Å². The quantitative estimate of drug-likeness (QED) is 0.0160. The molecule has 0 saturated carbocycles. The molecule has 2 unspecified atom stereocenters. The Morgan fingerprint density at radius 3 is 2.08 bits per heavy atom. The van der Waals surface area contributed by atoms with Crippen molar-refractivity contribution >= 4 is 69.1 Å². The second-order valence-corrected chi connectivity index (χ2v) is 22.7. The van der Waals surface area contributed by atoms with E-state index in [1.165, 1.54) is 45.6 Å². The molecule has 0 spiro atoms. The number of nitrogens with two attached hydrogens (primary N) is 1. The number of anilines is 1. The molecule has 10 N–H and O–H groups in total. The van der Waals surface area contributed by atoms with Crippen LogP contribution in [0.2, 0.25) is 0 Å². The lowest BCUT2D eigenvalue weighted by molar-refractivity contribution is -0.137. The number of nitrogens with one attached hydrogen (secondary N) is 2. The van der Waals surface area contributed by atoms with Crippen LogP contribution in [0.1, 0.15) is 110 Å². The molecule has 0 aliphatic carbocycles. The molecule has 0 radical (unpaired) electrons. The topological polar surface area (TPSA) is 364 Å². The van der Waals surface area contributed by atoms with Crippen LogP contribution in [0, 0.1) is 5.41 Å².